The van der Waals surface area contributed by atoms with E-state index in [9.17, 15) is 13.5 Å². The molecule has 1 heterocycles. The summed E-state index contributed by atoms with van der Waals surface area (Å²) in [6.07, 6.45) is -0.628. The third-order valence-corrected chi connectivity index (χ3v) is 6.92. The van der Waals surface area contributed by atoms with Gasteiger partial charge in [-0.05, 0) is 55.8 Å². The van der Waals surface area contributed by atoms with Crippen molar-refractivity contribution >= 4 is 15.7 Å². The molecule has 27 heavy (non-hydrogen) atoms. The van der Waals surface area contributed by atoms with Crippen LogP contribution in [0.2, 0.25) is 0 Å². The number of sulfonamides is 1. The third-order valence-electron chi connectivity index (χ3n) is 4.90. The van der Waals surface area contributed by atoms with E-state index < -0.39 is 16.1 Å². The van der Waals surface area contributed by atoms with Crippen LogP contribution in [0.5, 0.6) is 0 Å². The lowest BCUT2D eigenvalue weighted by Crippen LogP contribution is -2.54. The quantitative estimate of drug-likeness (QED) is 0.874. The SMILES string of the molecule is C[C@@H]1CN(c2ccc(C#N)cc2)CCN1S(=O)(=O)c1ccc([C@@H](C)O)cc1. The summed E-state index contributed by atoms with van der Waals surface area (Å²) >= 11 is 0. The fourth-order valence-electron chi connectivity index (χ4n) is 3.33. The van der Waals surface area contributed by atoms with Gasteiger partial charge in [-0.2, -0.15) is 9.57 Å². The molecule has 0 aliphatic carbocycles. The molecule has 2 aromatic rings. The number of hydrogen-bond donors (Lipinski definition) is 1. The highest BCUT2D eigenvalue weighted by molar-refractivity contribution is 7.89. The van der Waals surface area contributed by atoms with E-state index in [0.717, 1.165) is 5.69 Å². The first-order valence-corrected chi connectivity index (χ1v) is 10.3. The van der Waals surface area contributed by atoms with Gasteiger partial charge in [-0.1, -0.05) is 12.1 Å². The van der Waals surface area contributed by atoms with Crippen molar-refractivity contribution in [2.75, 3.05) is 24.5 Å². The molecule has 7 heteroatoms. The van der Waals surface area contributed by atoms with Gasteiger partial charge in [0.05, 0.1) is 22.6 Å². The zero-order chi connectivity index (χ0) is 19.6. The van der Waals surface area contributed by atoms with Gasteiger partial charge in [-0.25, -0.2) is 8.42 Å². The molecule has 2 atom stereocenters. The number of aliphatic hydroxyl groups is 1. The molecule has 0 unspecified atom stereocenters. The second kappa shape index (κ2) is 7.69. The lowest BCUT2D eigenvalue weighted by Gasteiger charge is -2.40. The van der Waals surface area contributed by atoms with Crippen LogP contribution in [0.1, 0.15) is 31.1 Å². The molecule has 0 spiro atoms. The van der Waals surface area contributed by atoms with Gasteiger partial charge in [-0.3, -0.25) is 0 Å². The van der Waals surface area contributed by atoms with Gasteiger partial charge < -0.3 is 10.0 Å². The highest BCUT2D eigenvalue weighted by Gasteiger charge is 2.33. The molecule has 0 amide bonds. The third kappa shape index (κ3) is 3.98. The van der Waals surface area contributed by atoms with E-state index in [1.165, 1.54) is 4.31 Å². The molecule has 0 aromatic heterocycles. The Morgan fingerprint density at radius 1 is 1.11 bits per heavy atom. The van der Waals surface area contributed by atoms with Gasteiger partial charge in [0.1, 0.15) is 0 Å². The lowest BCUT2D eigenvalue weighted by molar-refractivity contribution is 0.199. The zero-order valence-electron chi connectivity index (χ0n) is 15.4. The van der Waals surface area contributed by atoms with Crippen LogP contribution in [-0.2, 0) is 10.0 Å². The monoisotopic (exact) mass is 385 g/mol. The van der Waals surface area contributed by atoms with Crippen molar-refractivity contribution in [1.29, 1.82) is 5.26 Å². The number of aliphatic hydroxyl groups excluding tert-OH is 1. The summed E-state index contributed by atoms with van der Waals surface area (Å²) < 4.78 is 27.6. The Morgan fingerprint density at radius 2 is 1.74 bits per heavy atom. The standard InChI is InChI=1S/C20H23N3O3S/c1-15-14-22(19-7-3-17(13-21)4-8-19)11-12-23(15)27(25,26)20-9-5-18(6-10-20)16(2)24/h3-10,15-16,24H,11-12,14H2,1-2H3/t15-,16-/m1/s1. The Balaban J connectivity index is 1.75. The average Bonchev–Trinajstić information content (AvgIpc) is 2.67. The lowest BCUT2D eigenvalue weighted by atomic mass is 10.1. The number of nitrogens with zero attached hydrogens (tertiary/aromatic N) is 3. The Bertz CT molecular complexity index is 932. The summed E-state index contributed by atoms with van der Waals surface area (Å²) in [5.41, 5.74) is 2.28. The summed E-state index contributed by atoms with van der Waals surface area (Å²) in [4.78, 5) is 2.37. The summed E-state index contributed by atoms with van der Waals surface area (Å²) in [6, 6.07) is 15.6. The molecule has 6 nitrogen and oxygen atoms in total. The Labute approximate surface area is 160 Å². The summed E-state index contributed by atoms with van der Waals surface area (Å²) in [5.74, 6) is 0. The first kappa shape index (κ1) is 19.4. The van der Waals surface area contributed by atoms with E-state index in [-0.39, 0.29) is 10.9 Å². The predicted octanol–water partition coefficient (Wildman–Crippen LogP) is 2.51. The number of anilines is 1. The fourth-order valence-corrected chi connectivity index (χ4v) is 4.95. The van der Waals surface area contributed by atoms with Crippen molar-refractivity contribution in [1.82, 2.24) is 4.31 Å². The average molecular weight is 385 g/mol. The maximum Gasteiger partial charge on any atom is 0.243 e. The van der Waals surface area contributed by atoms with Crippen LogP contribution in [-0.4, -0.2) is 43.5 Å². The largest absolute Gasteiger partial charge is 0.389 e. The number of rotatable bonds is 4. The predicted molar refractivity (Wildman–Crippen MR) is 104 cm³/mol. The molecular weight excluding hydrogens is 362 g/mol. The maximum absolute atomic E-state index is 13.0. The van der Waals surface area contributed by atoms with Gasteiger partial charge >= 0.3 is 0 Å². The Morgan fingerprint density at radius 3 is 2.26 bits per heavy atom. The van der Waals surface area contributed by atoms with Gasteiger partial charge in [0.25, 0.3) is 0 Å². The minimum atomic E-state index is -3.59. The van der Waals surface area contributed by atoms with Crippen LogP contribution in [0.3, 0.4) is 0 Å². The highest BCUT2D eigenvalue weighted by Crippen LogP contribution is 2.25. The van der Waals surface area contributed by atoms with Crippen LogP contribution >= 0.6 is 0 Å². The summed E-state index contributed by atoms with van der Waals surface area (Å²) in [6.45, 7) is 5.10. The molecule has 1 aliphatic rings. The molecular formula is C20H23N3O3S. The zero-order valence-corrected chi connectivity index (χ0v) is 16.2. The van der Waals surface area contributed by atoms with E-state index >= 15 is 0 Å². The molecule has 142 valence electrons. The van der Waals surface area contributed by atoms with Crippen molar-refractivity contribution in [2.24, 2.45) is 0 Å². The summed E-state index contributed by atoms with van der Waals surface area (Å²) in [7, 11) is -3.59. The molecule has 2 aromatic carbocycles. The van der Waals surface area contributed by atoms with Crippen LogP contribution in [0, 0.1) is 11.3 Å². The van der Waals surface area contributed by atoms with E-state index in [2.05, 4.69) is 11.0 Å². The Hall–Kier alpha value is -2.40. The highest BCUT2D eigenvalue weighted by atomic mass is 32.2. The van der Waals surface area contributed by atoms with E-state index in [1.807, 2.05) is 19.1 Å². The van der Waals surface area contributed by atoms with E-state index in [0.29, 0.717) is 30.8 Å². The first-order valence-electron chi connectivity index (χ1n) is 8.88. The molecule has 0 radical (unpaired) electrons. The number of benzene rings is 2. The maximum atomic E-state index is 13.0. The molecule has 3 rings (SSSR count). The first-order chi connectivity index (χ1) is 12.8. The molecule has 0 saturated carbocycles. The van der Waals surface area contributed by atoms with Gasteiger partial charge in [0, 0.05) is 31.4 Å². The van der Waals surface area contributed by atoms with E-state index in [4.69, 9.17) is 5.26 Å². The van der Waals surface area contributed by atoms with Crippen LogP contribution in [0.15, 0.2) is 53.4 Å². The molecule has 1 aliphatic heterocycles. The minimum Gasteiger partial charge on any atom is -0.389 e. The normalized spacial score (nSPS) is 19.5. The van der Waals surface area contributed by atoms with Crippen LogP contribution in [0.25, 0.3) is 0 Å². The van der Waals surface area contributed by atoms with Crippen molar-refractivity contribution in [3.63, 3.8) is 0 Å². The van der Waals surface area contributed by atoms with Gasteiger partial charge in [0.2, 0.25) is 10.0 Å². The molecule has 1 fully saturated rings. The minimum absolute atomic E-state index is 0.184. The second-order valence-corrected chi connectivity index (χ2v) is 8.71. The van der Waals surface area contributed by atoms with Gasteiger partial charge in [0.15, 0.2) is 0 Å². The second-order valence-electron chi connectivity index (χ2n) is 6.81. The number of nitriles is 1. The summed E-state index contributed by atoms with van der Waals surface area (Å²) in [5, 5.41) is 18.5. The van der Waals surface area contributed by atoms with Crippen molar-refractivity contribution < 1.29 is 13.5 Å². The van der Waals surface area contributed by atoms with Crippen LogP contribution in [0.4, 0.5) is 5.69 Å². The van der Waals surface area contributed by atoms with E-state index in [1.54, 1.807) is 43.3 Å². The topological polar surface area (TPSA) is 84.6 Å². The van der Waals surface area contributed by atoms with Crippen molar-refractivity contribution in [2.45, 2.75) is 30.9 Å². The number of piperazine rings is 1. The molecule has 1 N–H and O–H groups in total. The van der Waals surface area contributed by atoms with Gasteiger partial charge in [-0.15, -0.1) is 0 Å². The Kier molecular flexibility index (Phi) is 5.51. The van der Waals surface area contributed by atoms with Crippen molar-refractivity contribution in [3.8, 4) is 6.07 Å². The van der Waals surface area contributed by atoms with Crippen molar-refractivity contribution in [3.05, 3.63) is 59.7 Å². The number of hydrogen-bond acceptors (Lipinski definition) is 5. The van der Waals surface area contributed by atoms with Crippen LogP contribution < -0.4 is 4.90 Å². The smallest absolute Gasteiger partial charge is 0.243 e. The fraction of sp³-hybridized carbons (Fsp3) is 0.350. The molecule has 1 saturated heterocycles. The molecule has 0 bridgehead atoms.